The molecule has 2 aromatic carbocycles. The zero-order valence-electron chi connectivity index (χ0n) is 12.5. The lowest BCUT2D eigenvalue weighted by Crippen LogP contribution is -2.20. The lowest BCUT2D eigenvalue weighted by Gasteiger charge is -2.19. The third kappa shape index (κ3) is 4.54. The van der Waals surface area contributed by atoms with Gasteiger partial charge in [-0.05, 0) is 55.3 Å². The lowest BCUT2D eigenvalue weighted by molar-refractivity contribution is 0.312. The monoisotopic (exact) mass is 280 g/mol. The van der Waals surface area contributed by atoms with Gasteiger partial charge >= 0.3 is 0 Å². The average molecular weight is 280 g/mol. The quantitative estimate of drug-likeness (QED) is 0.756. The first-order valence-corrected chi connectivity index (χ1v) is 7.10. The van der Waals surface area contributed by atoms with Gasteiger partial charge in [-0.1, -0.05) is 12.1 Å². The third-order valence-electron chi connectivity index (χ3n) is 3.33. The van der Waals surface area contributed by atoms with Crippen LogP contribution in [0.2, 0.25) is 0 Å². The van der Waals surface area contributed by atoms with Crippen LogP contribution in [-0.4, -0.2) is 20.2 Å². The minimum absolute atomic E-state index is 0.654. The van der Waals surface area contributed by atoms with Gasteiger partial charge in [-0.3, -0.25) is 0 Å². The van der Waals surface area contributed by atoms with Crippen molar-refractivity contribution in [2.75, 3.05) is 25.1 Å². The van der Waals surface area contributed by atoms with Gasteiger partial charge in [0.25, 0.3) is 0 Å². The second-order valence-corrected chi connectivity index (χ2v) is 5.10. The summed E-state index contributed by atoms with van der Waals surface area (Å²) in [5.41, 5.74) is 3.16. The van der Waals surface area contributed by atoms with Gasteiger partial charge in [-0.15, -0.1) is 0 Å². The average Bonchev–Trinajstić information content (AvgIpc) is 2.52. The largest absolute Gasteiger partial charge is 0.494 e. The second kappa shape index (κ2) is 7.35. The Kier molecular flexibility index (Phi) is 5.22. The van der Waals surface area contributed by atoms with E-state index in [9.17, 15) is 0 Å². The van der Waals surface area contributed by atoms with E-state index in [2.05, 4.69) is 49.2 Å². The number of aryl methyl sites for hydroxylation is 1. The highest BCUT2D eigenvalue weighted by Gasteiger charge is 2.01. The molecule has 0 aromatic heterocycles. The van der Waals surface area contributed by atoms with E-state index in [1.165, 1.54) is 11.3 Å². The van der Waals surface area contributed by atoms with Gasteiger partial charge in [0.05, 0.1) is 18.2 Å². The molecule has 0 unspecified atom stereocenters. The number of ether oxygens (including phenoxy) is 1. The smallest absolute Gasteiger partial charge is 0.119 e. The van der Waals surface area contributed by atoms with E-state index in [4.69, 9.17) is 10.00 Å². The summed E-state index contributed by atoms with van der Waals surface area (Å²) in [6.45, 7) is 3.72. The molecule has 108 valence electrons. The maximum atomic E-state index is 8.74. The maximum Gasteiger partial charge on any atom is 0.119 e. The third-order valence-corrected chi connectivity index (χ3v) is 3.33. The summed E-state index contributed by atoms with van der Waals surface area (Å²) in [6, 6.07) is 17.8. The Balaban J connectivity index is 1.75. The van der Waals surface area contributed by atoms with E-state index >= 15 is 0 Å². The van der Waals surface area contributed by atoms with Crippen molar-refractivity contribution >= 4 is 5.69 Å². The minimum Gasteiger partial charge on any atom is -0.494 e. The molecule has 0 N–H and O–H groups in total. The van der Waals surface area contributed by atoms with Crippen LogP contribution in [0.25, 0.3) is 0 Å². The van der Waals surface area contributed by atoms with Crippen molar-refractivity contribution in [3.63, 3.8) is 0 Å². The predicted molar refractivity (Wildman–Crippen MR) is 85.7 cm³/mol. The Morgan fingerprint density at radius 2 is 1.90 bits per heavy atom. The number of hydrogen-bond acceptors (Lipinski definition) is 3. The van der Waals surface area contributed by atoms with Gasteiger partial charge in [0, 0.05) is 19.3 Å². The highest BCUT2D eigenvalue weighted by atomic mass is 16.5. The van der Waals surface area contributed by atoms with Crippen LogP contribution in [0.15, 0.2) is 48.5 Å². The summed E-state index contributed by atoms with van der Waals surface area (Å²) in [7, 11) is 2.09. The van der Waals surface area contributed by atoms with E-state index in [1.54, 1.807) is 12.1 Å². The van der Waals surface area contributed by atoms with Crippen molar-refractivity contribution in [1.29, 1.82) is 5.26 Å². The van der Waals surface area contributed by atoms with Crippen molar-refractivity contribution in [2.45, 2.75) is 13.3 Å². The van der Waals surface area contributed by atoms with Crippen LogP contribution in [0.3, 0.4) is 0 Å². The lowest BCUT2D eigenvalue weighted by atomic mass is 10.2. The Morgan fingerprint density at radius 1 is 1.14 bits per heavy atom. The fourth-order valence-electron chi connectivity index (χ4n) is 2.11. The molecule has 0 aliphatic rings. The molecule has 3 nitrogen and oxygen atoms in total. The van der Waals surface area contributed by atoms with Crippen molar-refractivity contribution in [3.05, 3.63) is 59.7 Å². The van der Waals surface area contributed by atoms with Crippen LogP contribution in [-0.2, 0) is 0 Å². The second-order valence-electron chi connectivity index (χ2n) is 5.10. The van der Waals surface area contributed by atoms with E-state index < -0.39 is 0 Å². The number of hydrogen-bond donors (Lipinski definition) is 0. The van der Waals surface area contributed by atoms with Crippen LogP contribution in [0.1, 0.15) is 17.5 Å². The molecule has 2 rings (SSSR count). The van der Waals surface area contributed by atoms with Gasteiger partial charge < -0.3 is 9.64 Å². The van der Waals surface area contributed by atoms with Crippen LogP contribution >= 0.6 is 0 Å². The molecule has 0 bridgehead atoms. The van der Waals surface area contributed by atoms with Gasteiger partial charge in [-0.2, -0.15) is 5.26 Å². The van der Waals surface area contributed by atoms with E-state index in [1.807, 2.05) is 12.1 Å². The van der Waals surface area contributed by atoms with Gasteiger partial charge in [0.15, 0.2) is 0 Å². The van der Waals surface area contributed by atoms with Crippen molar-refractivity contribution in [3.8, 4) is 11.8 Å². The topological polar surface area (TPSA) is 36.3 Å². The molecule has 21 heavy (non-hydrogen) atoms. The first kappa shape index (κ1) is 14.9. The van der Waals surface area contributed by atoms with E-state index in [0.29, 0.717) is 12.2 Å². The molecule has 0 saturated carbocycles. The molecule has 0 radical (unpaired) electrons. The molecule has 0 atom stereocenters. The highest BCUT2D eigenvalue weighted by Crippen LogP contribution is 2.15. The molecule has 0 aliphatic carbocycles. The van der Waals surface area contributed by atoms with Crippen LogP contribution in [0, 0.1) is 18.3 Å². The summed E-state index contributed by atoms with van der Waals surface area (Å²) >= 11 is 0. The Morgan fingerprint density at radius 3 is 2.57 bits per heavy atom. The van der Waals surface area contributed by atoms with E-state index in [0.717, 1.165) is 18.7 Å². The molecule has 0 fully saturated rings. The first-order valence-electron chi connectivity index (χ1n) is 7.10. The summed E-state index contributed by atoms with van der Waals surface area (Å²) in [5, 5.41) is 8.74. The van der Waals surface area contributed by atoms with Crippen molar-refractivity contribution in [2.24, 2.45) is 0 Å². The van der Waals surface area contributed by atoms with Gasteiger partial charge in [0.1, 0.15) is 5.75 Å². The number of nitriles is 1. The fourth-order valence-corrected chi connectivity index (χ4v) is 2.11. The number of nitrogens with zero attached hydrogens (tertiary/aromatic N) is 2. The van der Waals surface area contributed by atoms with Crippen LogP contribution < -0.4 is 9.64 Å². The normalized spacial score (nSPS) is 9.95. The van der Waals surface area contributed by atoms with Crippen molar-refractivity contribution < 1.29 is 4.74 Å². The minimum atomic E-state index is 0.654. The summed E-state index contributed by atoms with van der Waals surface area (Å²) in [4.78, 5) is 2.23. The molecule has 0 amide bonds. The Bertz CT molecular complexity index is 614. The standard InChI is InChI=1S/C18H20N2O/c1-15-5-3-6-17(13-15)20(2)11-4-12-21-18-9-7-16(14-19)8-10-18/h3,5-10,13H,4,11-12H2,1-2H3. The molecule has 0 spiro atoms. The van der Waals surface area contributed by atoms with Gasteiger partial charge in [0.2, 0.25) is 0 Å². The SMILES string of the molecule is Cc1cccc(N(C)CCCOc2ccc(C#N)cc2)c1. The van der Waals surface area contributed by atoms with Crippen LogP contribution in [0.5, 0.6) is 5.75 Å². The van der Waals surface area contributed by atoms with Gasteiger partial charge in [-0.25, -0.2) is 0 Å². The molecule has 0 saturated heterocycles. The molecular formula is C18H20N2O. The van der Waals surface area contributed by atoms with E-state index in [-0.39, 0.29) is 0 Å². The molecular weight excluding hydrogens is 260 g/mol. The van der Waals surface area contributed by atoms with Crippen LogP contribution in [0.4, 0.5) is 5.69 Å². The molecule has 3 heteroatoms. The number of benzene rings is 2. The summed E-state index contributed by atoms with van der Waals surface area (Å²) < 4.78 is 5.68. The molecule has 2 aromatic rings. The predicted octanol–water partition coefficient (Wildman–Crippen LogP) is 3.77. The summed E-state index contributed by atoms with van der Waals surface area (Å²) in [5.74, 6) is 0.812. The Hall–Kier alpha value is -2.47. The number of rotatable bonds is 6. The zero-order valence-corrected chi connectivity index (χ0v) is 12.5. The zero-order chi connectivity index (χ0) is 15.1. The maximum absolute atomic E-state index is 8.74. The van der Waals surface area contributed by atoms with Crippen molar-refractivity contribution in [1.82, 2.24) is 0 Å². The highest BCUT2D eigenvalue weighted by molar-refractivity contribution is 5.47. The number of anilines is 1. The first-order chi connectivity index (χ1) is 10.2. The fraction of sp³-hybridized carbons (Fsp3) is 0.278. The summed E-state index contributed by atoms with van der Waals surface area (Å²) in [6.07, 6.45) is 0.949. The molecule has 0 aliphatic heterocycles. The molecule has 0 heterocycles. The Labute approximate surface area is 126 Å².